The van der Waals surface area contributed by atoms with Crippen molar-refractivity contribution in [3.8, 4) is 0 Å². The zero-order chi connectivity index (χ0) is 20.1. The monoisotopic (exact) mass is 397 g/mol. The molecule has 0 bridgehead atoms. The highest BCUT2D eigenvalue weighted by molar-refractivity contribution is 7.13. The summed E-state index contributed by atoms with van der Waals surface area (Å²) in [6.07, 6.45) is 1.25. The van der Waals surface area contributed by atoms with Crippen LogP contribution in [0.25, 0.3) is 10.1 Å². The van der Waals surface area contributed by atoms with Gasteiger partial charge in [-0.3, -0.25) is 4.79 Å². The number of amides is 2. The summed E-state index contributed by atoms with van der Waals surface area (Å²) in [5.74, 6) is -0.753. The van der Waals surface area contributed by atoms with E-state index in [1.165, 1.54) is 11.5 Å². The molecule has 2 amide bonds. The van der Waals surface area contributed by atoms with Crippen molar-refractivity contribution in [1.29, 1.82) is 0 Å². The standard InChI is InChI=1S/C21H23N3O3S/c1-21(2,3)27-20(26)22-13-17(14-7-5-4-6-8-14)19(25)24-16-10-9-15-12-23-28-18(15)11-16/h4-12,17H,13H2,1-3H3,(H,22,26)(H,24,25)/t17-/m1/s1. The molecule has 0 saturated heterocycles. The predicted molar refractivity (Wildman–Crippen MR) is 112 cm³/mol. The van der Waals surface area contributed by atoms with Crippen LogP contribution in [0, 0.1) is 0 Å². The van der Waals surface area contributed by atoms with Gasteiger partial charge in [0.2, 0.25) is 5.91 Å². The number of rotatable bonds is 5. The van der Waals surface area contributed by atoms with E-state index < -0.39 is 17.6 Å². The highest BCUT2D eigenvalue weighted by Crippen LogP contribution is 2.24. The van der Waals surface area contributed by atoms with Crippen molar-refractivity contribution in [2.24, 2.45) is 0 Å². The van der Waals surface area contributed by atoms with E-state index in [4.69, 9.17) is 4.74 Å². The van der Waals surface area contributed by atoms with Crippen LogP contribution in [0.15, 0.2) is 54.7 Å². The number of nitrogens with zero attached hydrogens (tertiary/aromatic N) is 1. The first kappa shape index (κ1) is 19.8. The fourth-order valence-electron chi connectivity index (χ4n) is 2.71. The molecule has 0 radical (unpaired) electrons. The minimum atomic E-state index is -0.598. The van der Waals surface area contributed by atoms with E-state index >= 15 is 0 Å². The number of alkyl carbamates (subject to hydrolysis) is 1. The second-order valence-electron chi connectivity index (χ2n) is 7.41. The maximum atomic E-state index is 13.0. The number of nitrogens with one attached hydrogen (secondary N) is 2. The molecule has 0 aliphatic carbocycles. The number of hydrogen-bond acceptors (Lipinski definition) is 5. The Morgan fingerprint density at radius 2 is 1.89 bits per heavy atom. The lowest BCUT2D eigenvalue weighted by molar-refractivity contribution is -0.117. The predicted octanol–water partition coefficient (Wildman–Crippen LogP) is 4.54. The van der Waals surface area contributed by atoms with E-state index in [1.807, 2.05) is 48.5 Å². The quantitative estimate of drug-likeness (QED) is 0.662. The van der Waals surface area contributed by atoms with E-state index in [-0.39, 0.29) is 12.5 Å². The molecule has 0 aliphatic heterocycles. The Balaban J connectivity index is 1.74. The van der Waals surface area contributed by atoms with Crippen LogP contribution in [0.4, 0.5) is 10.5 Å². The maximum Gasteiger partial charge on any atom is 0.407 e. The summed E-state index contributed by atoms with van der Waals surface area (Å²) in [5.41, 5.74) is 0.911. The third kappa shape index (κ3) is 5.29. The Hall–Kier alpha value is -2.93. The molecule has 1 atom stereocenters. The van der Waals surface area contributed by atoms with Gasteiger partial charge in [-0.25, -0.2) is 4.79 Å². The Labute approximate surface area is 168 Å². The second kappa shape index (κ2) is 8.39. The molecule has 6 nitrogen and oxygen atoms in total. The number of carbonyl (C=O) groups excluding carboxylic acids is 2. The molecule has 0 spiro atoms. The molecule has 7 heteroatoms. The summed E-state index contributed by atoms with van der Waals surface area (Å²) in [4.78, 5) is 25.0. The van der Waals surface area contributed by atoms with Crippen LogP contribution in [0.5, 0.6) is 0 Å². The van der Waals surface area contributed by atoms with Gasteiger partial charge < -0.3 is 15.4 Å². The number of anilines is 1. The fraction of sp³-hybridized carbons (Fsp3) is 0.286. The zero-order valence-corrected chi connectivity index (χ0v) is 16.9. The van der Waals surface area contributed by atoms with Crippen molar-refractivity contribution in [2.45, 2.75) is 32.3 Å². The van der Waals surface area contributed by atoms with Crippen molar-refractivity contribution in [3.05, 3.63) is 60.3 Å². The molecule has 0 fully saturated rings. The number of ether oxygens (including phenoxy) is 1. The van der Waals surface area contributed by atoms with E-state index in [2.05, 4.69) is 15.0 Å². The molecular formula is C21H23N3O3S. The van der Waals surface area contributed by atoms with E-state index in [9.17, 15) is 9.59 Å². The number of aromatic nitrogens is 1. The van der Waals surface area contributed by atoms with Gasteiger partial charge in [0.05, 0.1) is 10.6 Å². The first-order chi connectivity index (χ1) is 13.3. The minimum Gasteiger partial charge on any atom is -0.444 e. The average molecular weight is 398 g/mol. The number of carbonyl (C=O) groups is 2. The van der Waals surface area contributed by atoms with E-state index in [0.717, 1.165) is 15.6 Å². The fourth-order valence-corrected chi connectivity index (χ4v) is 3.40. The van der Waals surface area contributed by atoms with Gasteiger partial charge in [0.25, 0.3) is 0 Å². The lowest BCUT2D eigenvalue weighted by atomic mass is 9.98. The van der Waals surface area contributed by atoms with Crippen LogP contribution in [-0.4, -0.2) is 28.5 Å². The van der Waals surface area contributed by atoms with E-state index in [0.29, 0.717) is 5.69 Å². The third-order valence-electron chi connectivity index (χ3n) is 3.99. The molecule has 1 aromatic heterocycles. The van der Waals surface area contributed by atoms with Crippen LogP contribution in [0.2, 0.25) is 0 Å². The Bertz CT molecular complexity index is 964. The van der Waals surface area contributed by atoms with Crippen LogP contribution in [-0.2, 0) is 9.53 Å². The highest BCUT2D eigenvalue weighted by atomic mass is 32.1. The van der Waals surface area contributed by atoms with Gasteiger partial charge >= 0.3 is 6.09 Å². The Kier molecular flexibility index (Phi) is 5.94. The molecular weight excluding hydrogens is 374 g/mol. The largest absolute Gasteiger partial charge is 0.444 e. The van der Waals surface area contributed by atoms with Gasteiger partial charge in [-0.2, -0.15) is 4.37 Å². The van der Waals surface area contributed by atoms with Gasteiger partial charge in [-0.15, -0.1) is 0 Å². The molecule has 3 rings (SSSR count). The number of hydrogen-bond donors (Lipinski definition) is 2. The zero-order valence-electron chi connectivity index (χ0n) is 16.1. The smallest absolute Gasteiger partial charge is 0.407 e. The highest BCUT2D eigenvalue weighted by Gasteiger charge is 2.23. The van der Waals surface area contributed by atoms with Crippen molar-refractivity contribution in [2.75, 3.05) is 11.9 Å². The van der Waals surface area contributed by atoms with Crippen LogP contribution >= 0.6 is 11.5 Å². The summed E-state index contributed by atoms with van der Waals surface area (Å²) < 4.78 is 10.4. The molecule has 2 N–H and O–H groups in total. The van der Waals surface area contributed by atoms with E-state index in [1.54, 1.807) is 27.0 Å². The second-order valence-corrected chi connectivity index (χ2v) is 8.25. The van der Waals surface area contributed by atoms with Gasteiger partial charge in [-0.1, -0.05) is 30.3 Å². The first-order valence-corrected chi connectivity index (χ1v) is 9.76. The Morgan fingerprint density at radius 1 is 1.14 bits per heavy atom. The van der Waals surface area contributed by atoms with Crippen LogP contribution < -0.4 is 10.6 Å². The molecule has 2 aromatic carbocycles. The summed E-state index contributed by atoms with van der Waals surface area (Å²) in [6, 6.07) is 15.0. The summed E-state index contributed by atoms with van der Waals surface area (Å²) in [6.45, 7) is 5.52. The lowest BCUT2D eigenvalue weighted by Gasteiger charge is -2.22. The molecule has 146 valence electrons. The molecule has 1 heterocycles. The van der Waals surface area contributed by atoms with Gasteiger partial charge in [0.1, 0.15) is 5.60 Å². The first-order valence-electron chi connectivity index (χ1n) is 8.99. The maximum absolute atomic E-state index is 13.0. The number of fused-ring (bicyclic) bond motifs is 1. The number of benzene rings is 2. The molecule has 3 aromatic rings. The normalized spacial score (nSPS) is 12.4. The van der Waals surface area contributed by atoms with Crippen molar-refractivity contribution >= 4 is 39.3 Å². The minimum absolute atomic E-state index is 0.133. The summed E-state index contributed by atoms with van der Waals surface area (Å²) >= 11 is 1.38. The average Bonchev–Trinajstić information content (AvgIpc) is 3.09. The lowest BCUT2D eigenvalue weighted by Crippen LogP contribution is -2.37. The third-order valence-corrected chi connectivity index (χ3v) is 4.75. The Morgan fingerprint density at radius 3 is 2.61 bits per heavy atom. The van der Waals surface area contributed by atoms with Crippen molar-refractivity contribution in [3.63, 3.8) is 0 Å². The van der Waals surface area contributed by atoms with Crippen molar-refractivity contribution in [1.82, 2.24) is 9.69 Å². The van der Waals surface area contributed by atoms with Gasteiger partial charge in [-0.05, 0) is 56.1 Å². The molecule has 0 aliphatic rings. The summed E-state index contributed by atoms with van der Waals surface area (Å²) in [5, 5.41) is 6.68. The van der Waals surface area contributed by atoms with Crippen molar-refractivity contribution < 1.29 is 14.3 Å². The topological polar surface area (TPSA) is 80.3 Å². The van der Waals surface area contributed by atoms with Crippen LogP contribution in [0.3, 0.4) is 0 Å². The van der Waals surface area contributed by atoms with Crippen LogP contribution in [0.1, 0.15) is 32.3 Å². The molecule has 28 heavy (non-hydrogen) atoms. The molecule has 0 saturated carbocycles. The molecule has 0 unspecified atom stereocenters. The summed E-state index contributed by atoms with van der Waals surface area (Å²) in [7, 11) is 0. The van der Waals surface area contributed by atoms with Gasteiger partial charge in [0, 0.05) is 23.8 Å². The SMILES string of the molecule is CC(C)(C)OC(=O)NC[C@@H](C(=O)Nc1ccc2cnsc2c1)c1ccccc1. The van der Waals surface area contributed by atoms with Gasteiger partial charge in [0.15, 0.2) is 0 Å².